The molecule has 0 amide bonds. The number of hydrogen-bond acceptors (Lipinski definition) is 2. The number of rotatable bonds is 3. The summed E-state index contributed by atoms with van der Waals surface area (Å²) in [6, 6.07) is 5.35. The lowest BCUT2D eigenvalue weighted by Crippen LogP contribution is -2.29. The quantitative estimate of drug-likeness (QED) is 0.842. The summed E-state index contributed by atoms with van der Waals surface area (Å²) in [6.07, 6.45) is 7.14. The summed E-state index contributed by atoms with van der Waals surface area (Å²) in [7, 11) is 0. The molecule has 0 heterocycles. The molecule has 20 heavy (non-hydrogen) atoms. The van der Waals surface area contributed by atoms with Gasteiger partial charge in [-0.15, -0.1) is 0 Å². The molecule has 1 aromatic rings. The standard InChI is InChI=1S/C17H19FN2/c1-10-16(18)7-13(9-19)8-17(10)20-11(2)15-6-12-3-4-14(15)5-12/h3-4,7-8,11-12,14-15,20H,5-6H2,1-2H3. The van der Waals surface area contributed by atoms with Crippen molar-refractivity contribution in [2.45, 2.75) is 32.7 Å². The maximum atomic E-state index is 13.8. The maximum Gasteiger partial charge on any atom is 0.129 e. The van der Waals surface area contributed by atoms with E-state index in [2.05, 4.69) is 24.4 Å². The van der Waals surface area contributed by atoms with Gasteiger partial charge in [0, 0.05) is 17.3 Å². The minimum atomic E-state index is -0.313. The molecular formula is C17H19FN2. The zero-order valence-corrected chi connectivity index (χ0v) is 11.9. The smallest absolute Gasteiger partial charge is 0.129 e. The molecule has 2 aliphatic rings. The zero-order chi connectivity index (χ0) is 14.3. The van der Waals surface area contributed by atoms with Gasteiger partial charge in [0.1, 0.15) is 5.82 Å². The van der Waals surface area contributed by atoms with Crippen molar-refractivity contribution in [2.24, 2.45) is 17.8 Å². The third-order valence-corrected chi connectivity index (χ3v) is 4.83. The van der Waals surface area contributed by atoms with Crippen molar-refractivity contribution in [3.8, 4) is 6.07 Å². The Balaban J connectivity index is 1.79. The SMILES string of the molecule is Cc1c(F)cc(C#N)cc1NC(C)C1CC2C=CC1C2. The average molecular weight is 270 g/mol. The number of benzene rings is 1. The molecule has 4 unspecified atom stereocenters. The molecule has 3 rings (SSSR count). The molecule has 0 radical (unpaired) electrons. The molecule has 2 aliphatic carbocycles. The first kappa shape index (κ1) is 13.2. The molecule has 1 fully saturated rings. The van der Waals surface area contributed by atoms with E-state index in [9.17, 15) is 4.39 Å². The van der Waals surface area contributed by atoms with E-state index in [4.69, 9.17) is 5.26 Å². The van der Waals surface area contributed by atoms with Gasteiger partial charge >= 0.3 is 0 Å². The van der Waals surface area contributed by atoms with Crippen LogP contribution in [-0.4, -0.2) is 6.04 Å². The minimum absolute atomic E-state index is 0.294. The van der Waals surface area contributed by atoms with E-state index >= 15 is 0 Å². The number of nitrogens with zero attached hydrogens (tertiary/aromatic N) is 1. The molecule has 0 spiro atoms. The number of nitrogens with one attached hydrogen (secondary N) is 1. The van der Waals surface area contributed by atoms with Gasteiger partial charge in [-0.05, 0) is 56.6 Å². The summed E-state index contributed by atoms with van der Waals surface area (Å²) in [6.45, 7) is 3.92. The Kier molecular flexibility index (Phi) is 3.25. The second-order valence-electron chi connectivity index (χ2n) is 6.12. The third-order valence-electron chi connectivity index (χ3n) is 4.83. The Bertz CT molecular complexity index is 600. The summed E-state index contributed by atoms with van der Waals surface area (Å²) in [5, 5.41) is 12.4. The highest BCUT2D eigenvalue weighted by Crippen LogP contribution is 2.45. The van der Waals surface area contributed by atoms with Gasteiger partial charge in [-0.2, -0.15) is 5.26 Å². The Hall–Kier alpha value is -1.82. The van der Waals surface area contributed by atoms with E-state index < -0.39 is 0 Å². The van der Waals surface area contributed by atoms with Gasteiger partial charge in [0.05, 0.1) is 11.6 Å². The van der Waals surface area contributed by atoms with Crippen LogP contribution in [0, 0.1) is 41.8 Å². The number of hydrogen-bond donors (Lipinski definition) is 1. The number of halogens is 1. The molecule has 0 aromatic heterocycles. The summed E-state index contributed by atoms with van der Waals surface area (Å²) < 4.78 is 13.8. The van der Waals surface area contributed by atoms with E-state index in [1.807, 2.05) is 6.07 Å². The van der Waals surface area contributed by atoms with Crippen LogP contribution in [-0.2, 0) is 0 Å². The largest absolute Gasteiger partial charge is 0.382 e. The highest BCUT2D eigenvalue weighted by Gasteiger charge is 2.38. The average Bonchev–Trinajstić information content (AvgIpc) is 3.06. The highest BCUT2D eigenvalue weighted by molar-refractivity contribution is 5.56. The van der Waals surface area contributed by atoms with E-state index in [1.54, 1.807) is 13.0 Å². The van der Waals surface area contributed by atoms with Gasteiger partial charge in [-0.3, -0.25) is 0 Å². The molecule has 1 N–H and O–H groups in total. The van der Waals surface area contributed by atoms with Crippen molar-refractivity contribution >= 4 is 5.69 Å². The van der Waals surface area contributed by atoms with Crippen LogP contribution in [0.25, 0.3) is 0 Å². The van der Waals surface area contributed by atoms with Crippen LogP contribution in [0.15, 0.2) is 24.3 Å². The fraction of sp³-hybridized carbons (Fsp3) is 0.471. The number of anilines is 1. The first-order valence-electron chi connectivity index (χ1n) is 7.23. The first-order chi connectivity index (χ1) is 9.58. The van der Waals surface area contributed by atoms with Crippen LogP contribution < -0.4 is 5.32 Å². The van der Waals surface area contributed by atoms with E-state index in [-0.39, 0.29) is 5.82 Å². The van der Waals surface area contributed by atoms with Gasteiger partial charge in [-0.1, -0.05) is 12.2 Å². The zero-order valence-electron chi connectivity index (χ0n) is 11.9. The predicted octanol–water partition coefficient (Wildman–Crippen LogP) is 4.02. The van der Waals surface area contributed by atoms with Crippen molar-refractivity contribution < 1.29 is 4.39 Å². The van der Waals surface area contributed by atoms with Crippen LogP contribution in [0.2, 0.25) is 0 Å². The van der Waals surface area contributed by atoms with Gasteiger partial charge in [0.2, 0.25) is 0 Å². The van der Waals surface area contributed by atoms with Gasteiger partial charge < -0.3 is 5.32 Å². The fourth-order valence-electron chi connectivity index (χ4n) is 3.64. The van der Waals surface area contributed by atoms with Gasteiger partial charge in [-0.25, -0.2) is 4.39 Å². The summed E-state index contributed by atoms with van der Waals surface area (Å²) in [4.78, 5) is 0. The lowest BCUT2D eigenvalue weighted by atomic mass is 9.87. The maximum absolute atomic E-state index is 13.8. The Labute approximate surface area is 119 Å². The van der Waals surface area contributed by atoms with E-state index in [1.165, 1.54) is 18.9 Å². The van der Waals surface area contributed by atoms with Gasteiger partial charge in [0.15, 0.2) is 0 Å². The van der Waals surface area contributed by atoms with Gasteiger partial charge in [0.25, 0.3) is 0 Å². The molecular weight excluding hydrogens is 251 g/mol. The van der Waals surface area contributed by atoms with Crippen molar-refractivity contribution in [2.75, 3.05) is 5.32 Å². The monoisotopic (exact) mass is 270 g/mol. The second-order valence-corrected chi connectivity index (χ2v) is 6.12. The lowest BCUT2D eigenvalue weighted by molar-refractivity contribution is 0.399. The minimum Gasteiger partial charge on any atom is -0.382 e. The molecule has 104 valence electrons. The number of fused-ring (bicyclic) bond motifs is 2. The summed E-state index contributed by atoms with van der Waals surface area (Å²) in [5.74, 6) is 1.69. The van der Waals surface area contributed by atoms with E-state index in [0.717, 1.165) is 11.6 Å². The van der Waals surface area contributed by atoms with Crippen molar-refractivity contribution in [1.82, 2.24) is 0 Å². The normalized spacial score (nSPS) is 28.4. The Morgan fingerprint density at radius 2 is 2.15 bits per heavy atom. The number of nitriles is 1. The lowest BCUT2D eigenvalue weighted by Gasteiger charge is -2.28. The molecule has 4 atom stereocenters. The summed E-state index contributed by atoms with van der Waals surface area (Å²) in [5.41, 5.74) is 1.71. The van der Waals surface area contributed by atoms with Crippen molar-refractivity contribution in [3.63, 3.8) is 0 Å². The molecule has 1 aromatic carbocycles. The van der Waals surface area contributed by atoms with Crippen LogP contribution in [0.4, 0.5) is 10.1 Å². The topological polar surface area (TPSA) is 35.8 Å². The van der Waals surface area contributed by atoms with Crippen LogP contribution >= 0.6 is 0 Å². The molecule has 3 heteroatoms. The van der Waals surface area contributed by atoms with Crippen molar-refractivity contribution in [3.05, 3.63) is 41.2 Å². The molecule has 0 aliphatic heterocycles. The molecule has 2 nitrogen and oxygen atoms in total. The summed E-state index contributed by atoms with van der Waals surface area (Å²) >= 11 is 0. The van der Waals surface area contributed by atoms with E-state index in [0.29, 0.717) is 29.0 Å². The highest BCUT2D eigenvalue weighted by atomic mass is 19.1. The Morgan fingerprint density at radius 1 is 1.35 bits per heavy atom. The second kappa shape index (κ2) is 4.94. The van der Waals surface area contributed by atoms with Crippen LogP contribution in [0.3, 0.4) is 0 Å². The molecule has 2 bridgehead atoms. The van der Waals surface area contributed by atoms with Crippen LogP contribution in [0.1, 0.15) is 30.9 Å². The number of allylic oxidation sites excluding steroid dienone is 2. The predicted molar refractivity (Wildman–Crippen MR) is 77.8 cm³/mol. The van der Waals surface area contributed by atoms with Crippen LogP contribution in [0.5, 0.6) is 0 Å². The third kappa shape index (κ3) is 2.20. The Morgan fingerprint density at radius 3 is 2.75 bits per heavy atom. The van der Waals surface area contributed by atoms with Crippen molar-refractivity contribution in [1.29, 1.82) is 5.26 Å². The fourth-order valence-corrected chi connectivity index (χ4v) is 3.64. The molecule has 0 saturated heterocycles. The molecule has 1 saturated carbocycles. The first-order valence-corrected chi connectivity index (χ1v) is 7.23.